The molecule has 0 atom stereocenters. The van der Waals surface area contributed by atoms with Gasteiger partial charge in [0.05, 0.1) is 6.10 Å². The highest BCUT2D eigenvalue weighted by molar-refractivity contribution is 5.04. The Hall–Kier alpha value is -0.940. The number of hydrogen-bond acceptors (Lipinski definition) is 5. The molecule has 1 aromatic heterocycles. The highest BCUT2D eigenvalue weighted by atomic mass is 16.6. The zero-order valence-corrected chi connectivity index (χ0v) is 7.53. The Labute approximate surface area is 76.1 Å². The first-order valence-electron chi connectivity index (χ1n) is 4.45. The lowest BCUT2D eigenvalue weighted by molar-refractivity contribution is 0.0617. The van der Waals surface area contributed by atoms with Crippen LogP contribution in [0.2, 0.25) is 0 Å². The van der Waals surface area contributed by atoms with Gasteiger partial charge >= 0.3 is 0 Å². The molecule has 5 heteroatoms. The molecule has 1 aliphatic carbocycles. The molecule has 0 spiro atoms. The SMILES string of the molecule is Cc1nonc1CNC1CC(O)C1. The third kappa shape index (κ3) is 1.87. The summed E-state index contributed by atoms with van der Waals surface area (Å²) in [6.07, 6.45) is 1.56. The van der Waals surface area contributed by atoms with Crippen molar-refractivity contribution in [2.24, 2.45) is 0 Å². The van der Waals surface area contributed by atoms with E-state index in [0.717, 1.165) is 24.2 Å². The Kier molecular flexibility index (Phi) is 2.28. The molecule has 1 aliphatic rings. The van der Waals surface area contributed by atoms with E-state index >= 15 is 0 Å². The summed E-state index contributed by atoms with van der Waals surface area (Å²) in [4.78, 5) is 0. The van der Waals surface area contributed by atoms with E-state index in [9.17, 15) is 0 Å². The molecule has 0 bridgehead atoms. The fourth-order valence-corrected chi connectivity index (χ4v) is 1.41. The molecule has 0 unspecified atom stereocenters. The molecule has 1 heterocycles. The quantitative estimate of drug-likeness (QED) is 0.689. The molecule has 0 aromatic carbocycles. The number of aromatic nitrogens is 2. The van der Waals surface area contributed by atoms with E-state index in [1.165, 1.54) is 0 Å². The van der Waals surface area contributed by atoms with Crippen LogP contribution in [0.15, 0.2) is 4.63 Å². The van der Waals surface area contributed by atoms with Gasteiger partial charge in [0, 0.05) is 12.6 Å². The minimum absolute atomic E-state index is 0.117. The van der Waals surface area contributed by atoms with Gasteiger partial charge in [-0.1, -0.05) is 10.3 Å². The second-order valence-electron chi connectivity index (χ2n) is 3.50. The first-order valence-corrected chi connectivity index (χ1v) is 4.45. The molecular weight excluding hydrogens is 170 g/mol. The lowest BCUT2D eigenvalue weighted by atomic mass is 9.89. The maximum Gasteiger partial charge on any atom is 0.121 e. The average Bonchev–Trinajstić information content (AvgIpc) is 2.43. The molecule has 5 nitrogen and oxygen atoms in total. The van der Waals surface area contributed by atoms with Crippen molar-refractivity contribution in [2.45, 2.75) is 38.5 Å². The Morgan fingerprint density at radius 3 is 2.85 bits per heavy atom. The van der Waals surface area contributed by atoms with E-state index in [4.69, 9.17) is 5.11 Å². The molecule has 0 amide bonds. The fourth-order valence-electron chi connectivity index (χ4n) is 1.41. The lowest BCUT2D eigenvalue weighted by Crippen LogP contribution is -2.43. The number of aliphatic hydroxyl groups is 1. The first kappa shape index (κ1) is 8.65. The Morgan fingerprint density at radius 2 is 2.31 bits per heavy atom. The molecule has 0 aliphatic heterocycles. The molecule has 0 radical (unpaired) electrons. The topological polar surface area (TPSA) is 71.2 Å². The number of hydrogen-bond donors (Lipinski definition) is 2. The summed E-state index contributed by atoms with van der Waals surface area (Å²) >= 11 is 0. The zero-order valence-electron chi connectivity index (χ0n) is 7.53. The second kappa shape index (κ2) is 3.43. The van der Waals surface area contributed by atoms with E-state index < -0.39 is 0 Å². The van der Waals surface area contributed by atoms with Crippen LogP contribution >= 0.6 is 0 Å². The maximum atomic E-state index is 9.04. The summed E-state index contributed by atoms with van der Waals surface area (Å²) in [5.74, 6) is 0. The highest BCUT2D eigenvalue weighted by Gasteiger charge is 2.26. The zero-order chi connectivity index (χ0) is 9.26. The van der Waals surface area contributed by atoms with Crippen molar-refractivity contribution < 1.29 is 9.74 Å². The summed E-state index contributed by atoms with van der Waals surface area (Å²) in [7, 11) is 0. The van der Waals surface area contributed by atoms with Gasteiger partial charge in [0.15, 0.2) is 0 Å². The Morgan fingerprint density at radius 1 is 1.54 bits per heavy atom. The number of aryl methyl sites for hydroxylation is 1. The number of aliphatic hydroxyl groups excluding tert-OH is 1. The first-order chi connectivity index (χ1) is 6.25. The van der Waals surface area contributed by atoms with Crippen molar-refractivity contribution in [3.05, 3.63) is 11.4 Å². The van der Waals surface area contributed by atoms with E-state index in [1.54, 1.807) is 0 Å². The van der Waals surface area contributed by atoms with Crippen LogP contribution in [0.25, 0.3) is 0 Å². The molecule has 1 fully saturated rings. The molecular formula is C8H13N3O2. The predicted octanol–water partition coefficient (Wildman–Crippen LogP) is -0.00908. The van der Waals surface area contributed by atoms with Crippen LogP contribution in [0, 0.1) is 6.92 Å². The van der Waals surface area contributed by atoms with Crippen molar-refractivity contribution in [1.82, 2.24) is 15.6 Å². The lowest BCUT2D eigenvalue weighted by Gasteiger charge is -2.31. The van der Waals surface area contributed by atoms with Gasteiger partial charge in [0.2, 0.25) is 0 Å². The van der Waals surface area contributed by atoms with Crippen LogP contribution in [0.3, 0.4) is 0 Å². The van der Waals surface area contributed by atoms with E-state index in [2.05, 4.69) is 20.3 Å². The van der Waals surface area contributed by atoms with Gasteiger partial charge < -0.3 is 10.4 Å². The van der Waals surface area contributed by atoms with Crippen LogP contribution < -0.4 is 5.32 Å². The summed E-state index contributed by atoms with van der Waals surface area (Å²) in [5.41, 5.74) is 1.67. The molecule has 72 valence electrons. The van der Waals surface area contributed by atoms with Crippen LogP contribution in [0.1, 0.15) is 24.2 Å². The van der Waals surface area contributed by atoms with E-state index in [1.807, 2.05) is 6.92 Å². The third-order valence-electron chi connectivity index (χ3n) is 2.42. The number of rotatable bonds is 3. The molecule has 2 rings (SSSR count). The predicted molar refractivity (Wildman–Crippen MR) is 44.9 cm³/mol. The maximum absolute atomic E-state index is 9.04. The molecule has 13 heavy (non-hydrogen) atoms. The number of nitrogens with zero attached hydrogens (tertiary/aromatic N) is 2. The average molecular weight is 183 g/mol. The van der Waals surface area contributed by atoms with Crippen molar-refractivity contribution in [2.75, 3.05) is 0 Å². The Bertz CT molecular complexity index is 281. The van der Waals surface area contributed by atoms with Gasteiger partial charge in [-0.15, -0.1) is 0 Å². The summed E-state index contributed by atoms with van der Waals surface area (Å²) in [5, 5.41) is 19.7. The molecule has 2 N–H and O–H groups in total. The van der Waals surface area contributed by atoms with Crippen molar-refractivity contribution >= 4 is 0 Å². The van der Waals surface area contributed by atoms with Gasteiger partial charge in [0.1, 0.15) is 11.4 Å². The van der Waals surface area contributed by atoms with Crippen molar-refractivity contribution in [3.8, 4) is 0 Å². The van der Waals surface area contributed by atoms with E-state index in [-0.39, 0.29) is 6.10 Å². The summed E-state index contributed by atoms with van der Waals surface area (Å²) < 4.78 is 4.56. The minimum atomic E-state index is -0.117. The minimum Gasteiger partial charge on any atom is -0.393 e. The monoisotopic (exact) mass is 183 g/mol. The second-order valence-corrected chi connectivity index (χ2v) is 3.50. The van der Waals surface area contributed by atoms with Gasteiger partial charge in [-0.3, -0.25) is 0 Å². The van der Waals surface area contributed by atoms with Crippen LogP contribution in [0.4, 0.5) is 0 Å². The largest absolute Gasteiger partial charge is 0.393 e. The highest BCUT2D eigenvalue weighted by Crippen LogP contribution is 2.19. The van der Waals surface area contributed by atoms with Crippen LogP contribution in [0.5, 0.6) is 0 Å². The summed E-state index contributed by atoms with van der Waals surface area (Å²) in [6, 6.07) is 0.422. The van der Waals surface area contributed by atoms with Crippen molar-refractivity contribution in [1.29, 1.82) is 0 Å². The summed E-state index contributed by atoms with van der Waals surface area (Å²) in [6.45, 7) is 2.54. The van der Waals surface area contributed by atoms with Gasteiger partial charge in [-0.25, -0.2) is 4.63 Å². The molecule has 1 saturated carbocycles. The fraction of sp³-hybridized carbons (Fsp3) is 0.750. The molecule has 1 aromatic rings. The third-order valence-corrected chi connectivity index (χ3v) is 2.42. The van der Waals surface area contributed by atoms with Gasteiger partial charge in [-0.05, 0) is 19.8 Å². The normalized spacial score (nSPS) is 27.2. The smallest absolute Gasteiger partial charge is 0.121 e. The molecule has 0 saturated heterocycles. The van der Waals surface area contributed by atoms with Crippen LogP contribution in [-0.2, 0) is 6.54 Å². The van der Waals surface area contributed by atoms with Gasteiger partial charge in [-0.2, -0.15) is 0 Å². The standard InChI is InChI=1S/C8H13N3O2/c1-5-8(11-13-10-5)4-9-6-2-7(12)3-6/h6-7,9,12H,2-4H2,1H3. The van der Waals surface area contributed by atoms with Crippen molar-refractivity contribution in [3.63, 3.8) is 0 Å². The number of nitrogens with one attached hydrogen (secondary N) is 1. The van der Waals surface area contributed by atoms with Gasteiger partial charge in [0.25, 0.3) is 0 Å². The van der Waals surface area contributed by atoms with Crippen LogP contribution in [-0.4, -0.2) is 27.6 Å². The Balaban J connectivity index is 1.77. The van der Waals surface area contributed by atoms with E-state index in [0.29, 0.717) is 12.6 Å².